The summed E-state index contributed by atoms with van der Waals surface area (Å²) in [5, 5.41) is 3.59. The molecule has 1 aromatic rings. The molecule has 1 unspecified atom stereocenters. The van der Waals surface area contributed by atoms with Crippen LogP contribution in [0.1, 0.15) is 18.9 Å². The van der Waals surface area contributed by atoms with Gasteiger partial charge in [0.2, 0.25) is 0 Å². The lowest BCUT2D eigenvalue weighted by molar-refractivity contribution is 0.0538. The largest absolute Gasteiger partial charge is 0.382 e. The quantitative estimate of drug-likeness (QED) is 0.801. The normalized spacial score (nSPS) is 26.3. The van der Waals surface area contributed by atoms with Gasteiger partial charge < -0.3 is 10.1 Å². The highest BCUT2D eigenvalue weighted by Gasteiger charge is 2.21. The van der Waals surface area contributed by atoms with Crippen molar-refractivity contribution in [3.63, 3.8) is 0 Å². The monoisotopic (exact) mass is 205 g/mol. The lowest BCUT2D eigenvalue weighted by Crippen LogP contribution is -2.35. The van der Waals surface area contributed by atoms with Gasteiger partial charge in [0.1, 0.15) is 0 Å². The third-order valence-corrected chi connectivity index (χ3v) is 3.01. The van der Waals surface area contributed by atoms with Gasteiger partial charge in [-0.05, 0) is 37.0 Å². The molecule has 0 spiro atoms. The highest BCUT2D eigenvalue weighted by Crippen LogP contribution is 2.19. The zero-order valence-electron chi connectivity index (χ0n) is 9.49. The SMILES string of the molecule is Cc1cccc(NC2CCOC[C@H]2C)c1. The van der Waals surface area contributed by atoms with Gasteiger partial charge in [-0.25, -0.2) is 0 Å². The third-order valence-electron chi connectivity index (χ3n) is 3.01. The molecule has 0 bridgehead atoms. The molecule has 82 valence electrons. The topological polar surface area (TPSA) is 21.3 Å². The molecule has 1 fully saturated rings. The van der Waals surface area contributed by atoms with E-state index in [1.165, 1.54) is 11.3 Å². The Bertz CT molecular complexity index is 324. The van der Waals surface area contributed by atoms with E-state index in [4.69, 9.17) is 4.74 Å². The molecule has 0 amide bonds. The molecule has 15 heavy (non-hydrogen) atoms. The van der Waals surface area contributed by atoms with Crippen molar-refractivity contribution in [3.8, 4) is 0 Å². The zero-order valence-corrected chi connectivity index (χ0v) is 9.49. The fourth-order valence-corrected chi connectivity index (χ4v) is 2.04. The van der Waals surface area contributed by atoms with Crippen LogP contribution in [0.15, 0.2) is 24.3 Å². The number of hydrogen-bond acceptors (Lipinski definition) is 2. The number of ether oxygens (including phenoxy) is 1. The summed E-state index contributed by atoms with van der Waals surface area (Å²) in [6.07, 6.45) is 1.11. The van der Waals surface area contributed by atoms with Gasteiger partial charge in [0.05, 0.1) is 6.61 Å². The van der Waals surface area contributed by atoms with Gasteiger partial charge in [-0.3, -0.25) is 0 Å². The van der Waals surface area contributed by atoms with Crippen molar-refractivity contribution in [1.82, 2.24) is 0 Å². The van der Waals surface area contributed by atoms with Gasteiger partial charge in [0.15, 0.2) is 0 Å². The molecule has 0 aliphatic carbocycles. The van der Waals surface area contributed by atoms with Crippen LogP contribution in [0.4, 0.5) is 5.69 Å². The minimum absolute atomic E-state index is 0.556. The summed E-state index contributed by atoms with van der Waals surface area (Å²) in [4.78, 5) is 0. The highest BCUT2D eigenvalue weighted by molar-refractivity contribution is 5.46. The van der Waals surface area contributed by atoms with Gasteiger partial charge in [-0.2, -0.15) is 0 Å². The summed E-state index contributed by atoms with van der Waals surface area (Å²) in [6.45, 7) is 6.13. The molecular weight excluding hydrogens is 186 g/mol. The molecular formula is C13H19NO. The highest BCUT2D eigenvalue weighted by atomic mass is 16.5. The van der Waals surface area contributed by atoms with E-state index in [1.54, 1.807) is 0 Å². The Hall–Kier alpha value is -1.02. The van der Waals surface area contributed by atoms with Gasteiger partial charge in [0, 0.05) is 18.3 Å². The first-order valence-corrected chi connectivity index (χ1v) is 5.66. The molecule has 1 aliphatic rings. The molecule has 2 heteroatoms. The van der Waals surface area contributed by atoms with Crippen LogP contribution in [0.25, 0.3) is 0 Å². The second-order valence-corrected chi connectivity index (χ2v) is 4.46. The number of anilines is 1. The van der Waals surface area contributed by atoms with Crippen molar-refractivity contribution in [3.05, 3.63) is 29.8 Å². The van der Waals surface area contributed by atoms with Gasteiger partial charge in [-0.1, -0.05) is 19.1 Å². The predicted molar refractivity (Wildman–Crippen MR) is 63.2 cm³/mol. The van der Waals surface area contributed by atoms with Crippen molar-refractivity contribution in [1.29, 1.82) is 0 Å². The minimum atomic E-state index is 0.556. The van der Waals surface area contributed by atoms with Crippen molar-refractivity contribution in [2.24, 2.45) is 5.92 Å². The number of hydrogen-bond donors (Lipinski definition) is 1. The first-order chi connectivity index (χ1) is 7.25. The second-order valence-electron chi connectivity index (χ2n) is 4.46. The van der Waals surface area contributed by atoms with Crippen LogP contribution in [0, 0.1) is 12.8 Å². The molecule has 1 aliphatic heterocycles. The molecule has 1 heterocycles. The van der Waals surface area contributed by atoms with Gasteiger partial charge in [-0.15, -0.1) is 0 Å². The molecule has 1 saturated heterocycles. The summed E-state index contributed by atoms with van der Waals surface area (Å²) in [6, 6.07) is 9.11. The Morgan fingerprint density at radius 2 is 2.27 bits per heavy atom. The van der Waals surface area contributed by atoms with E-state index in [0.717, 1.165) is 19.6 Å². The van der Waals surface area contributed by atoms with Crippen molar-refractivity contribution in [2.45, 2.75) is 26.3 Å². The molecule has 1 N–H and O–H groups in total. The Labute approximate surface area is 91.6 Å². The van der Waals surface area contributed by atoms with Crippen molar-refractivity contribution < 1.29 is 4.74 Å². The standard InChI is InChI=1S/C13H19NO/c1-10-4-3-5-12(8-10)14-13-6-7-15-9-11(13)2/h3-5,8,11,13-14H,6-7,9H2,1-2H3/t11-,13?/m1/s1. The summed E-state index contributed by atoms with van der Waals surface area (Å²) >= 11 is 0. The fraction of sp³-hybridized carbons (Fsp3) is 0.538. The molecule has 0 saturated carbocycles. The Balaban J connectivity index is 2.01. The Kier molecular flexibility index (Phi) is 3.27. The van der Waals surface area contributed by atoms with Crippen LogP contribution in [0.5, 0.6) is 0 Å². The van der Waals surface area contributed by atoms with Crippen LogP contribution < -0.4 is 5.32 Å². The fourth-order valence-electron chi connectivity index (χ4n) is 2.04. The summed E-state index contributed by atoms with van der Waals surface area (Å²) < 4.78 is 5.43. The van der Waals surface area contributed by atoms with Crippen molar-refractivity contribution in [2.75, 3.05) is 18.5 Å². The number of benzene rings is 1. The minimum Gasteiger partial charge on any atom is -0.382 e. The maximum atomic E-state index is 5.43. The van der Waals surface area contributed by atoms with E-state index in [2.05, 4.69) is 43.4 Å². The first-order valence-electron chi connectivity index (χ1n) is 5.66. The molecule has 1 aromatic carbocycles. The van der Waals surface area contributed by atoms with Crippen molar-refractivity contribution >= 4 is 5.69 Å². The van der Waals surface area contributed by atoms with E-state index in [9.17, 15) is 0 Å². The molecule has 0 radical (unpaired) electrons. The van der Waals surface area contributed by atoms with Crippen LogP contribution >= 0.6 is 0 Å². The van der Waals surface area contributed by atoms with E-state index in [-0.39, 0.29) is 0 Å². The Morgan fingerprint density at radius 1 is 1.40 bits per heavy atom. The summed E-state index contributed by atoms with van der Waals surface area (Å²) in [5.41, 5.74) is 2.54. The smallest absolute Gasteiger partial charge is 0.0511 e. The van der Waals surface area contributed by atoms with Crippen LogP contribution in [0.3, 0.4) is 0 Å². The van der Waals surface area contributed by atoms with Crippen LogP contribution in [-0.4, -0.2) is 19.3 Å². The van der Waals surface area contributed by atoms with Gasteiger partial charge in [0.25, 0.3) is 0 Å². The maximum absolute atomic E-state index is 5.43. The molecule has 0 aromatic heterocycles. The lowest BCUT2D eigenvalue weighted by Gasteiger charge is -2.30. The zero-order chi connectivity index (χ0) is 10.7. The van der Waals surface area contributed by atoms with Crippen LogP contribution in [-0.2, 0) is 4.74 Å². The second kappa shape index (κ2) is 4.67. The first kappa shape index (κ1) is 10.5. The molecule has 2 rings (SSSR count). The van der Waals surface area contributed by atoms with E-state index in [1.807, 2.05) is 0 Å². The van der Waals surface area contributed by atoms with Crippen LogP contribution in [0.2, 0.25) is 0 Å². The average Bonchev–Trinajstić information content (AvgIpc) is 2.22. The third kappa shape index (κ3) is 2.72. The Morgan fingerprint density at radius 3 is 3.00 bits per heavy atom. The summed E-state index contributed by atoms with van der Waals surface area (Å²) in [7, 11) is 0. The van der Waals surface area contributed by atoms with E-state index in [0.29, 0.717) is 12.0 Å². The molecule has 2 atom stereocenters. The van der Waals surface area contributed by atoms with E-state index >= 15 is 0 Å². The average molecular weight is 205 g/mol. The lowest BCUT2D eigenvalue weighted by atomic mass is 9.97. The van der Waals surface area contributed by atoms with E-state index < -0.39 is 0 Å². The number of nitrogens with one attached hydrogen (secondary N) is 1. The molecule has 2 nitrogen and oxygen atoms in total. The maximum Gasteiger partial charge on any atom is 0.0511 e. The number of rotatable bonds is 2. The summed E-state index contributed by atoms with van der Waals surface area (Å²) in [5.74, 6) is 0.597. The predicted octanol–water partition coefficient (Wildman–Crippen LogP) is 2.83. The number of aryl methyl sites for hydroxylation is 1. The van der Waals surface area contributed by atoms with Gasteiger partial charge >= 0.3 is 0 Å².